The highest BCUT2D eigenvalue weighted by Gasteiger charge is 1.84. The van der Waals surface area contributed by atoms with Gasteiger partial charge in [0.05, 0.1) is 13.1 Å². The minimum Gasteiger partial charge on any atom is -0.345 e. The Morgan fingerprint density at radius 2 is 1.79 bits per heavy atom. The van der Waals surface area contributed by atoms with Gasteiger partial charge >= 0.3 is 0 Å². The number of rotatable bonds is 3. The van der Waals surface area contributed by atoms with Crippen LogP contribution in [0.4, 0.5) is 0 Å². The van der Waals surface area contributed by atoms with Crippen LogP contribution in [0.5, 0.6) is 0 Å². The summed E-state index contributed by atoms with van der Waals surface area (Å²) < 4.78 is 0. The van der Waals surface area contributed by atoms with Crippen molar-refractivity contribution in [1.82, 2.24) is 10.6 Å². The molecule has 0 spiro atoms. The van der Waals surface area contributed by atoms with Gasteiger partial charge < -0.3 is 10.6 Å². The van der Waals surface area contributed by atoms with Gasteiger partial charge in [-0.1, -0.05) is 11.8 Å². The van der Waals surface area contributed by atoms with Crippen LogP contribution in [0.3, 0.4) is 0 Å². The van der Waals surface area contributed by atoms with E-state index in [0.717, 1.165) is 0 Å². The highest BCUT2D eigenvalue weighted by Crippen LogP contribution is 1.70. The zero-order valence-corrected chi connectivity index (χ0v) is 9.05. The molecule has 0 fully saturated rings. The molecular formula is C11H18N2O. The van der Waals surface area contributed by atoms with E-state index in [1.54, 1.807) is 0 Å². The van der Waals surface area contributed by atoms with Crippen molar-refractivity contribution in [1.29, 1.82) is 0 Å². The van der Waals surface area contributed by atoms with Crippen LogP contribution >= 0.6 is 0 Å². The van der Waals surface area contributed by atoms with E-state index >= 15 is 0 Å². The van der Waals surface area contributed by atoms with E-state index in [1.165, 1.54) is 6.92 Å². The number of amides is 1. The molecule has 0 saturated heterocycles. The Morgan fingerprint density at radius 3 is 1.93 bits per heavy atom. The van der Waals surface area contributed by atoms with Crippen molar-refractivity contribution in [2.75, 3.05) is 13.1 Å². The van der Waals surface area contributed by atoms with Crippen molar-refractivity contribution in [3.05, 3.63) is 0 Å². The first-order chi connectivity index (χ1) is 6.54. The SMILES string of the molecule is C#CCNC(C)=O.C#CCNC(C)C. The molecule has 0 bridgehead atoms. The summed E-state index contributed by atoms with van der Waals surface area (Å²) in [6, 6.07) is 0.510. The highest BCUT2D eigenvalue weighted by molar-refractivity contribution is 5.73. The minimum absolute atomic E-state index is 0.0852. The Hall–Kier alpha value is -1.45. The van der Waals surface area contributed by atoms with E-state index in [2.05, 4.69) is 36.3 Å². The molecule has 0 aromatic rings. The van der Waals surface area contributed by atoms with Crippen LogP contribution < -0.4 is 10.6 Å². The van der Waals surface area contributed by atoms with Gasteiger partial charge in [0.1, 0.15) is 0 Å². The summed E-state index contributed by atoms with van der Waals surface area (Å²) >= 11 is 0. The monoisotopic (exact) mass is 194 g/mol. The minimum atomic E-state index is -0.0852. The average Bonchev–Trinajstić information content (AvgIpc) is 2.12. The quantitative estimate of drug-likeness (QED) is 0.637. The second kappa shape index (κ2) is 11.6. The third-order valence-electron chi connectivity index (χ3n) is 1.05. The number of nitrogens with one attached hydrogen (secondary N) is 2. The molecule has 1 amide bonds. The molecule has 3 heteroatoms. The second-order valence-electron chi connectivity index (χ2n) is 2.85. The lowest BCUT2D eigenvalue weighted by Crippen LogP contribution is -2.22. The summed E-state index contributed by atoms with van der Waals surface area (Å²) in [6.07, 6.45) is 9.78. The van der Waals surface area contributed by atoms with Crippen LogP contribution in [0.2, 0.25) is 0 Å². The van der Waals surface area contributed by atoms with Crippen LogP contribution in [0.1, 0.15) is 20.8 Å². The maximum Gasteiger partial charge on any atom is 0.217 e. The van der Waals surface area contributed by atoms with Gasteiger partial charge in [-0.15, -0.1) is 12.8 Å². The Kier molecular flexibility index (Phi) is 12.4. The smallest absolute Gasteiger partial charge is 0.217 e. The molecule has 78 valence electrons. The lowest BCUT2D eigenvalue weighted by molar-refractivity contribution is -0.118. The lowest BCUT2D eigenvalue weighted by atomic mass is 10.4. The maximum atomic E-state index is 10.00. The molecular weight excluding hydrogens is 176 g/mol. The van der Waals surface area contributed by atoms with E-state index in [1.807, 2.05) is 0 Å². The number of carbonyl (C=O) groups excluding carboxylic acids is 1. The summed E-state index contributed by atoms with van der Waals surface area (Å²) in [5.41, 5.74) is 0. The summed E-state index contributed by atoms with van der Waals surface area (Å²) in [6.45, 7) is 6.57. The number of terminal acetylenes is 2. The first kappa shape index (κ1) is 15.0. The molecule has 14 heavy (non-hydrogen) atoms. The highest BCUT2D eigenvalue weighted by atomic mass is 16.1. The average molecular weight is 194 g/mol. The third kappa shape index (κ3) is 22.4. The molecule has 2 N–H and O–H groups in total. The van der Waals surface area contributed by atoms with Crippen LogP contribution in [-0.4, -0.2) is 25.0 Å². The standard InChI is InChI=1S/C6H11N.C5H7NO/c1-4-5-7-6(2)3;1-3-4-6-5(2)7/h1,6-7H,5H2,2-3H3;1H,4H2,2H3,(H,6,7). The fourth-order valence-electron chi connectivity index (χ4n) is 0.439. The molecule has 0 saturated carbocycles. The van der Waals surface area contributed by atoms with Crippen LogP contribution in [0.25, 0.3) is 0 Å². The molecule has 0 heterocycles. The largest absolute Gasteiger partial charge is 0.345 e. The Balaban J connectivity index is 0. The van der Waals surface area contributed by atoms with Crippen molar-refractivity contribution in [2.45, 2.75) is 26.8 Å². The Labute approximate surface area is 86.7 Å². The van der Waals surface area contributed by atoms with Crippen LogP contribution in [-0.2, 0) is 4.79 Å². The van der Waals surface area contributed by atoms with Gasteiger partial charge in [0.15, 0.2) is 0 Å². The number of hydrogen-bond donors (Lipinski definition) is 2. The van der Waals surface area contributed by atoms with E-state index in [4.69, 9.17) is 12.8 Å². The number of carbonyl (C=O) groups is 1. The van der Waals surface area contributed by atoms with E-state index in [-0.39, 0.29) is 5.91 Å². The van der Waals surface area contributed by atoms with Crippen LogP contribution in [0.15, 0.2) is 0 Å². The van der Waals surface area contributed by atoms with E-state index in [9.17, 15) is 4.79 Å². The molecule has 0 aromatic carbocycles. The predicted molar refractivity (Wildman–Crippen MR) is 59.5 cm³/mol. The molecule has 0 aromatic heterocycles. The second-order valence-corrected chi connectivity index (χ2v) is 2.85. The van der Waals surface area contributed by atoms with Gasteiger partial charge in [0.25, 0.3) is 0 Å². The molecule has 0 aliphatic rings. The Bertz CT molecular complexity index is 220. The molecule has 0 radical (unpaired) electrons. The van der Waals surface area contributed by atoms with Gasteiger partial charge in [-0.2, -0.15) is 0 Å². The number of hydrogen-bond acceptors (Lipinski definition) is 2. The van der Waals surface area contributed by atoms with Crippen molar-refractivity contribution in [3.63, 3.8) is 0 Å². The summed E-state index contributed by atoms with van der Waals surface area (Å²) in [4.78, 5) is 10.00. The third-order valence-corrected chi connectivity index (χ3v) is 1.05. The molecule has 0 atom stereocenters. The predicted octanol–water partition coefficient (Wildman–Crippen LogP) is 0.373. The first-order valence-corrected chi connectivity index (χ1v) is 4.39. The van der Waals surface area contributed by atoms with Crippen molar-refractivity contribution < 1.29 is 4.79 Å². The van der Waals surface area contributed by atoms with Crippen molar-refractivity contribution in [2.24, 2.45) is 0 Å². The van der Waals surface area contributed by atoms with Gasteiger partial charge in [-0.3, -0.25) is 4.79 Å². The zero-order chi connectivity index (χ0) is 11.4. The van der Waals surface area contributed by atoms with Crippen molar-refractivity contribution >= 4 is 5.91 Å². The van der Waals surface area contributed by atoms with Crippen molar-refractivity contribution in [3.8, 4) is 24.7 Å². The van der Waals surface area contributed by atoms with Gasteiger partial charge in [-0.25, -0.2) is 0 Å². The molecule has 0 rings (SSSR count). The fraction of sp³-hybridized carbons (Fsp3) is 0.545. The topological polar surface area (TPSA) is 41.1 Å². The molecule has 0 aliphatic heterocycles. The maximum absolute atomic E-state index is 10.00. The van der Waals surface area contributed by atoms with Gasteiger partial charge in [0, 0.05) is 13.0 Å². The first-order valence-electron chi connectivity index (χ1n) is 4.39. The van der Waals surface area contributed by atoms with E-state index in [0.29, 0.717) is 19.1 Å². The zero-order valence-electron chi connectivity index (χ0n) is 9.05. The fourth-order valence-corrected chi connectivity index (χ4v) is 0.439. The van der Waals surface area contributed by atoms with Gasteiger partial charge in [-0.05, 0) is 13.8 Å². The lowest BCUT2D eigenvalue weighted by Gasteiger charge is -2.00. The summed E-state index contributed by atoms with van der Waals surface area (Å²) in [7, 11) is 0. The molecule has 0 unspecified atom stereocenters. The normalized spacial score (nSPS) is 7.86. The summed E-state index contributed by atoms with van der Waals surface area (Å²) in [5.74, 6) is 4.67. The Morgan fingerprint density at radius 1 is 1.29 bits per heavy atom. The van der Waals surface area contributed by atoms with Gasteiger partial charge in [0.2, 0.25) is 5.91 Å². The van der Waals surface area contributed by atoms with Crippen LogP contribution in [0, 0.1) is 24.7 Å². The molecule has 3 nitrogen and oxygen atoms in total. The molecule has 0 aliphatic carbocycles. The van der Waals surface area contributed by atoms with E-state index < -0.39 is 0 Å². The summed E-state index contributed by atoms with van der Waals surface area (Å²) in [5, 5.41) is 5.48.